The van der Waals surface area contributed by atoms with Crippen LogP contribution in [0.15, 0.2) is 5.38 Å². The number of anilines is 1. The number of hydrazine groups is 1. The minimum absolute atomic E-state index is 0.0323. The van der Waals surface area contributed by atoms with Gasteiger partial charge in [0.05, 0.1) is 11.3 Å². The maximum Gasteiger partial charge on any atom is 0.431 e. The second-order valence-corrected chi connectivity index (χ2v) is 5.08. The largest absolute Gasteiger partial charge is 0.443 e. The van der Waals surface area contributed by atoms with Gasteiger partial charge in [0.2, 0.25) is 10.9 Å². The van der Waals surface area contributed by atoms with Gasteiger partial charge in [0.15, 0.2) is 23.3 Å². The van der Waals surface area contributed by atoms with E-state index in [0.29, 0.717) is 10.7 Å². The lowest BCUT2D eigenvalue weighted by Crippen LogP contribution is -2.37. The summed E-state index contributed by atoms with van der Waals surface area (Å²) in [5, 5.41) is 2.06. The molecule has 11 heteroatoms. The van der Waals surface area contributed by atoms with E-state index in [4.69, 9.17) is 5.84 Å². The highest BCUT2D eigenvalue weighted by Crippen LogP contribution is 2.24. The van der Waals surface area contributed by atoms with Crippen molar-refractivity contribution in [3.8, 4) is 0 Å². The summed E-state index contributed by atoms with van der Waals surface area (Å²) >= 11 is 0.992. The second kappa shape index (κ2) is 6.46. The van der Waals surface area contributed by atoms with E-state index in [-0.39, 0.29) is 5.13 Å². The molecule has 124 valence electrons. The molecule has 0 aliphatic heterocycles. The molecule has 1 amide bonds. The van der Waals surface area contributed by atoms with Crippen molar-refractivity contribution < 1.29 is 31.5 Å². The number of benzene rings is 1. The Kier molecular flexibility index (Phi) is 4.80. The van der Waals surface area contributed by atoms with Crippen molar-refractivity contribution in [1.29, 1.82) is 0 Å². The van der Waals surface area contributed by atoms with Crippen LogP contribution in [0.25, 0.3) is 0 Å². The number of carbonyl (C=O) groups is 1. The number of thiazole rings is 1. The molecule has 1 aromatic carbocycles. The molecule has 0 bridgehead atoms. The van der Waals surface area contributed by atoms with Crippen LogP contribution in [-0.4, -0.2) is 11.1 Å². The Balaban J connectivity index is 2.16. The fourth-order valence-corrected chi connectivity index (χ4v) is 2.22. The third-order valence-corrected chi connectivity index (χ3v) is 3.61. The van der Waals surface area contributed by atoms with Crippen molar-refractivity contribution >= 4 is 22.6 Å². The quantitative estimate of drug-likeness (QED) is 0.230. The summed E-state index contributed by atoms with van der Waals surface area (Å²) in [5.74, 6) is -5.33. The molecule has 0 saturated heterocycles. The molecule has 1 heterocycles. The summed E-state index contributed by atoms with van der Waals surface area (Å²) in [4.78, 5) is 15.5. The van der Waals surface area contributed by atoms with Gasteiger partial charge in [-0.3, -0.25) is 0 Å². The van der Waals surface area contributed by atoms with Crippen molar-refractivity contribution in [2.75, 3.05) is 5.01 Å². The number of aryl methyl sites for hydroxylation is 1. The Labute approximate surface area is 130 Å². The minimum Gasteiger partial charge on any atom is -0.443 e. The van der Waals surface area contributed by atoms with Gasteiger partial charge in [0.25, 0.3) is 0 Å². The number of hydrogen-bond donors (Lipinski definition) is 1. The molecule has 0 radical (unpaired) electrons. The van der Waals surface area contributed by atoms with Gasteiger partial charge in [-0.1, -0.05) is 0 Å². The van der Waals surface area contributed by atoms with Gasteiger partial charge in [-0.05, 0) is 6.92 Å². The first-order chi connectivity index (χ1) is 10.7. The second-order valence-electron chi connectivity index (χ2n) is 4.24. The summed E-state index contributed by atoms with van der Waals surface area (Å²) in [6.45, 7) is 0.441. The lowest BCUT2D eigenvalue weighted by atomic mass is 10.2. The van der Waals surface area contributed by atoms with Gasteiger partial charge in [-0.2, -0.15) is 5.01 Å². The third kappa shape index (κ3) is 3.24. The number of halogens is 5. The zero-order chi connectivity index (χ0) is 17.3. The van der Waals surface area contributed by atoms with Crippen LogP contribution in [0.3, 0.4) is 0 Å². The van der Waals surface area contributed by atoms with Gasteiger partial charge >= 0.3 is 6.09 Å². The fourth-order valence-electron chi connectivity index (χ4n) is 1.51. The Bertz CT molecular complexity index is 738. The number of amides is 1. The summed E-state index contributed by atoms with van der Waals surface area (Å²) in [6, 6.07) is 0. The maximum atomic E-state index is 13.4. The van der Waals surface area contributed by atoms with Crippen LogP contribution >= 0.6 is 11.3 Å². The molecule has 5 nitrogen and oxygen atoms in total. The smallest absolute Gasteiger partial charge is 0.431 e. The number of nitrogens with zero attached hydrogens (tertiary/aromatic N) is 2. The molecule has 0 aliphatic carbocycles. The number of hydrogen-bond acceptors (Lipinski definition) is 5. The molecule has 2 N–H and O–H groups in total. The van der Waals surface area contributed by atoms with E-state index in [0.717, 1.165) is 11.3 Å². The van der Waals surface area contributed by atoms with Crippen LogP contribution in [0, 0.1) is 36.0 Å². The third-order valence-electron chi connectivity index (χ3n) is 2.65. The van der Waals surface area contributed by atoms with E-state index in [2.05, 4.69) is 9.72 Å². The molecule has 2 rings (SSSR count). The first kappa shape index (κ1) is 17.1. The molecule has 23 heavy (non-hydrogen) atoms. The van der Waals surface area contributed by atoms with Crippen molar-refractivity contribution in [3.63, 3.8) is 0 Å². The van der Waals surface area contributed by atoms with Crippen LogP contribution in [-0.2, 0) is 11.3 Å². The molecule has 0 saturated carbocycles. The lowest BCUT2D eigenvalue weighted by Gasteiger charge is -2.14. The van der Waals surface area contributed by atoms with E-state index in [9.17, 15) is 26.7 Å². The Morgan fingerprint density at radius 1 is 1.17 bits per heavy atom. The molecular formula is C12H8F5N3O2S. The number of aromatic nitrogens is 1. The normalized spacial score (nSPS) is 10.7. The summed E-state index contributed by atoms with van der Waals surface area (Å²) in [6.07, 6.45) is -1.27. The zero-order valence-electron chi connectivity index (χ0n) is 11.4. The van der Waals surface area contributed by atoms with Gasteiger partial charge in [-0.15, -0.1) is 11.3 Å². The summed E-state index contributed by atoms with van der Waals surface area (Å²) < 4.78 is 70.2. The van der Waals surface area contributed by atoms with Crippen molar-refractivity contribution in [2.45, 2.75) is 13.5 Å². The average molecular weight is 353 g/mol. The van der Waals surface area contributed by atoms with Crippen LogP contribution in [0.5, 0.6) is 0 Å². The lowest BCUT2D eigenvalue weighted by molar-refractivity contribution is 0.143. The van der Waals surface area contributed by atoms with E-state index in [1.54, 1.807) is 12.3 Å². The van der Waals surface area contributed by atoms with E-state index >= 15 is 0 Å². The Hall–Kier alpha value is -2.27. The molecule has 0 spiro atoms. The van der Waals surface area contributed by atoms with Crippen molar-refractivity contribution in [3.05, 3.63) is 45.7 Å². The maximum absolute atomic E-state index is 13.4. The fraction of sp³-hybridized carbons (Fsp3) is 0.167. The van der Waals surface area contributed by atoms with Gasteiger partial charge in [0, 0.05) is 5.38 Å². The van der Waals surface area contributed by atoms with E-state index in [1.807, 2.05) is 0 Å². The average Bonchev–Trinajstić information content (AvgIpc) is 2.96. The first-order valence-electron chi connectivity index (χ1n) is 5.88. The molecule has 0 unspecified atom stereocenters. The highest BCUT2D eigenvalue weighted by molar-refractivity contribution is 7.13. The standard InChI is InChI=1S/C12H8F5N3O2S/c1-4-3-23-11(19-4)20(18)12(21)22-2-5-6(13)8(15)10(17)9(16)7(5)14/h3H,2,18H2,1H3. The first-order valence-corrected chi connectivity index (χ1v) is 6.76. The zero-order valence-corrected chi connectivity index (χ0v) is 12.2. The van der Waals surface area contributed by atoms with E-state index < -0.39 is 47.3 Å². The number of nitrogens with two attached hydrogens (primary N) is 1. The predicted molar refractivity (Wildman–Crippen MR) is 69.9 cm³/mol. The highest BCUT2D eigenvalue weighted by Gasteiger charge is 2.27. The monoisotopic (exact) mass is 353 g/mol. The highest BCUT2D eigenvalue weighted by atomic mass is 32.1. The topological polar surface area (TPSA) is 68.5 Å². The predicted octanol–water partition coefficient (Wildman–Crippen LogP) is 3.16. The van der Waals surface area contributed by atoms with Gasteiger partial charge in [0.1, 0.15) is 6.61 Å². The summed E-state index contributed by atoms with van der Waals surface area (Å²) in [5.41, 5.74) is -0.716. The molecule has 0 atom stereocenters. The van der Waals surface area contributed by atoms with Crippen LogP contribution in [0.4, 0.5) is 31.9 Å². The van der Waals surface area contributed by atoms with E-state index in [1.165, 1.54) is 0 Å². The van der Waals surface area contributed by atoms with Gasteiger partial charge in [-0.25, -0.2) is 37.6 Å². The number of rotatable bonds is 3. The molecule has 0 aliphatic rings. The Morgan fingerprint density at radius 2 is 1.70 bits per heavy atom. The van der Waals surface area contributed by atoms with Crippen molar-refractivity contribution in [1.82, 2.24) is 4.98 Å². The van der Waals surface area contributed by atoms with Crippen LogP contribution in [0.1, 0.15) is 11.3 Å². The van der Waals surface area contributed by atoms with Crippen molar-refractivity contribution in [2.24, 2.45) is 5.84 Å². The molecule has 2 aromatic rings. The number of carbonyl (C=O) groups excluding carboxylic acids is 1. The molecular weight excluding hydrogens is 345 g/mol. The minimum atomic E-state index is -2.30. The SMILES string of the molecule is Cc1csc(N(N)C(=O)OCc2c(F)c(F)c(F)c(F)c2F)n1. The molecule has 1 aromatic heterocycles. The Morgan fingerprint density at radius 3 is 2.17 bits per heavy atom. The number of ether oxygens (including phenoxy) is 1. The van der Waals surface area contributed by atoms with Gasteiger partial charge < -0.3 is 4.74 Å². The van der Waals surface area contributed by atoms with Crippen LogP contribution in [0.2, 0.25) is 0 Å². The van der Waals surface area contributed by atoms with Crippen LogP contribution < -0.4 is 10.9 Å². The molecule has 0 fully saturated rings. The summed E-state index contributed by atoms with van der Waals surface area (Å²) in [7, 11) is 0.